The largest absolute Gasteiger partial charge is 0.462 e. The number of aliphatic hydroxyl groups excluding tert-OH is 1. The molecular weight excluding hydrogens is 374 g/mol. The molecule has 1 aromatic rings. The lowest BCUT2D eigenvalue weighted by atomic mass is 10.0. The van der Waals surface area contributed by atoms with Gasteiger partial charge >= 0.3 is 11.7 Å². The van der Waals surface area contributed by atoms with E-state index in [1.807, 2.05) is 19.9 Å². The van der Waals surface area contributed by atoms with Crippen molar-refractivity contribution in [3.05, 3.63) is 22.7 Å². The zero-order valence-electron chi connectivity index (χ0n) is 15.2. The van der Waals surface area contributed by atoms with Crippen LogP contribution in [-0.2, 0) is 14.3 Å². The minimum atomic E-state index is -1.23. The van der Waals surface area contributed by atoms with E-state index in [4.69, 9.17) is 15.2 Å². The number of ether oxygens (including phenoxy) is 2. The van der Waals surface area contributed by atoms with Gasteiger partial charge in [-0.15, -0.1) is 0 Å². The normalized spacial score (nSPS) is 25.9. The molecule has 0 aromatic carbocycles. The number of nitrogens with zero attached hydrogens (tertiary/aromatic N) is 3. The maximum atomic E-state index is 12.3. The van der Waals surface area contributed by atoms with Gasteiger partial charge in [0.05, 0.1) is 6.07 Å². The van der Waals surface area contributed by atoms with Gasteiger partial charge in [-0.1, -0.05) is 25.8 Å². The van der Waals surface area contributed by atoms with Gasteiger partial charge in [0, 0.05) is 6.20 Å². The monoisotopic (exact) mass is 397 g/mol. The molecule has 10 nitrogen and oxygen atoms in total. The molecule has 148 valence electrons. The fraction of sp³-hybridized carbons (Fsp3) is 0.625. The van der Waals surface area contributed by atoms with E-state index in [9.17, 15) is 20.0 Å². The van der Waals surface area contributed by atoms with E-state index in [-0.39, 0.29) is 18.3 Å². The lowest BCUT2D eigenvalue weighted by Crippen LogP contribution is -2.40. The predicted molar refractivity (Wildman–Crippen MR) is 98.2 cm³/mol. The molecule has 1 aliphatic heterocycles. The number of carbonyl (C=O) groups excluding carboxylic acids is 1. The summed E-state index contributed by atoms with van der Waals surface area (Å²) < 4.78 is 14.9. The van der Waals surface area contributed by atoms with E-state index < -0.39 is 42.1 Å². The summed E-state index contributed by atoms with van der Waals surface area (Å²) in [5.74, 6) is -1.48. The van der Waals surface area contributed by atoms with E-state index in [0.29, 0.717) is 0 Å². The van der Waals surface area contributed by atoms with Crippen LogP contribution in [-0.4, -0.2) is 51.7 Å². The summed E-state index contributed by atoms with van der Waals surface area (Å²) >= 11 is 1.30. The molecule has 0 bridgehead atoms. The van der Waals surface area contributed by atoms with Crippen LogP contribution in [0.1, 0.15) is 20.1 Å². The molecule has 0 amide bonds. The van der Waals surface area contributed by atoms with Crippen molar-refractivity contribution >= 4 is 23.7 Å². The Balaban J connectivity index is 2.10. The number of aliphatic hydroxyl groups is 1. The minimum Gasteiger partial charge on any atom is -0.462 e. The van der Waals surface area contributed by atoms with Gasteiger partial charge in [-0.3, -0.25) is 14.1 Å². The van der Waals surface area contributed by atoms with Crippen molar-refractivity contribution in [2.45, 2.75) is 38.3 Å². The van der Waals surface area contributed by atoms with Gasteiger partial charge in [-0.2, -0.15) is 10.2 Å². The third kappa shape index (κ3) is 4.78. The highest BCUT2D eigenvalue weighted by Crippen LogP contribution is 2.33. The Kier molecular flexibility index (Phi) is 7.20. The van der Waals surface area contributed by atoms with Gasteiger partial charge < -0.3 is 20.3 Å². The van der Waals surface area contributed by atoms with Crippen LogP contribution in [0.15, 0.2) is 17.1 Å². The van der Waals surface area contributed by atoms with Crippen LogP contribution < -0.4 is 16.1 Å². The van der Waals surface area contributed by atoms with E-state index in [2.05, 4.69) is 9.71 Å². The molecule has 5 atom stereocenters. The van der Waals surface area contributed by atoms with Gasteiger partial charge in [0.2, 0.25) is 0 Å². The van der Waals surface area contributed by atoms with Crippen LogP contribution in [0, 0.1) is 23.2 Å². The third-order valence-corrected chi connectivity index (χ3v) is 4.69. The maximum absolute atomic E-state index is 12.3. The molecule has 2 rings (SSSR count). The maximum Gasteiger partial charge on any atom is 0.351 e. The number of nitrogen functional groups attached to an aromatic ring is 1. The first-order valence-electron chi connectivity index (χ1n) is 8.33. The number of carbonyl (C=O) groups is 1. The summed E-state index contributed by atoms with van der Waals surface area (Å²) in [4.78, 5) is 27.9. The number of aromatic nitrogens is 2. The topological polar surface area (TPSA) is 152 Å². The molecule has 0 saturated carbocycles. The molecule has 1 aromatic heterocycles. The Morgan fingerprint density at radius 2 is 2.33 bits per heavy atom. The van der Waals surface area contributed by atoms with Crippen LogP contribution in [0.25, 0.3) is 0 Å². The summed E-state index contributed by atoms with van der Waals surface area (Å²) in [5, 5.41) is 19.7. The molecule has 4 N–H and O–H groups in total. The van der Waals surface area contributed by atoms with Crippen molar-refractivity contribution in [1.29, 1.82) is 5.26 Å². The van der Waals surface area contributed by atoms with Crippen molar-refractivity contribution in [3.63, 3.8) is 0 Å². The fourth-order valence-corrected chi connectivity index (χ4v) is 3.34. The van der Waals surface area contributed by atoms with Crippen molar-refractivity contribution in [3.8, 4) is 6.07 Å². The van der Waals surface area contributed by atoms with Gasteiger partial charge in [0.25, 0.3) is 0 Å². The zero-order chi connectivity index (χ0) is 20.1. The highest BCUT2D eigenvalue weighted by Gasteiger charge is 2.46. The number of anilines is 1. The summed E-state index contributed by atoms with van der Waals surface area (Å²) in [6.45, 7) is 3.50. The predicted octanol–water partition coefficient (Wildman–Crippen LogP) is -0.341. The molecule has 1 fully saturated rings. The molecule has 0 radical (unpaired) electrons. The molecule has 1 saturated heterocycles. The van der Waals surface area contributed by atoms with Crippen molar-refractivity contribution < 1.29 is 19.4 Å². The smallest absolute Gasteiger partial charge is 0.351 e. The van der Waals surface area contributed by atoms with E-state index in [0.717, 1.165) is 4.57 Å². The minimum absolute atomic E-state index is 0.00148. The number of hydrogen-bond acceptors (Lipinski definition) is 10. The Bertz CT molecular complexity index is 764. The molecular formula is C16H23N5O5S. The lowest BCUT2D eigenvalue weighted by molar-refractivity contribution is -0.153. The van der Waals surface area contributed by atoms with Gasteiger partial charge in [0.15, 0.2) is 6.23 Å². The molecule has 27 heavy (non-hydrogen) atoms. The second-order valence-corrected chi connectivity index (χ2v) is 7.07. The van der Waals surface area contributed by atoms with Gasteiger partial charge in [-0.05, 0) is 18.2 Å². The average molecular weight is 397 g/mol. The highest BCUT2D eigenvalue weighted by atomic mass is 32.2. The molecule has 1 aliphatic rings. The Morgan fingerprint density at radius 1 is 1.63 bits per heavy atom. The van der Waals surface area contributed by atoms with Gasteiger partial charge in [-0.25, -0.2) is 4.79 Å². The lowest BCUT2D eigenvalue weighted by Gasteiger charge is -2.21. The number of nitrogens with two attached hydrogens (primary N) is 1. The van der Waals surface area contributed by atoms with Crippen LogP contribution in [0.3, 0.4) is 0 Å². The summed E-state index contributed by atoms with van der Waals surface area (Å²) in [6, 6.07) is 2.80. The van der Waals surface area contributed by atoms with Crippen LogP contribution in [0.4, 0.5) is 5.82 Å². The van der Waals surface area contributed by atoms with Crippen molar-refractivity contribution in [1.82, 2.24) is 14.3 Å². The first-order chi connectivity index (χ1) is 12.8. The molecule has 0 unspecified atom stereocenters. The zero-order valence-corrected chi connectivity index (χ0v) is 16.0. The van der Waals surface area contributed by atoms with Crippen LogP contribution in [0.2, 0.25) is 0 Å². The Hall–Kier alpha value is -2.13. The first kappa shape index (κ1) is 21.2. The fourth-order valence-electron chi connectivity index (χ4n) is 2.72. The molecule has 0 aliphatic carbocycles. The van der Waals surface area contributed by atoms with E-state index in [1.54, 1.807) is 6.26 Å². The van der Waals surface area contributed by atoms with Gasteiger partial charge in [0.1, 0.15) is 36.6 Å². The van der Waals surface area contributed by atoms with Crippen LogP contribution >= 0.6 is 11.9 Å². The van der Waals surface area contributed by atoms with Crippen molar-refractivity contribution in [2.24, 2.45) is 11.8 Å². The molecule has 2 heterocycles. The summed E-state index contributed by atoms with van der Waals surface area (Å²) in [5.41, 5.74) is 4.76. The van der Waals surface area contributed by atoms with E-state index in [1.165, 1.54) is 24.2 Å². The summed E-state index contributed by atoms with van der Waals surface area (Å²) in [6.07, 6.45) is -0.0942. The second-order valence-electron chi connectivity index (χ2n) is 6.43. The molecule has 0 spiro atoms. The SMILES string of the molecule is CSN[C@H](C(=O)OC[C@H]1O[C@H](n2ccc(N)nc2=O)[C@@H](C#N)[C@@H]1O)C(C)C. The van der Waals surface area contributed by atoms with E-state index >= 15 is 0 Å². The third-order valence-electron chi connectivity index (χ3n) is 4.20. The number of nitrogens with one attached hydrogen (secondary N) is 1. The van der Waals surface area contributed by atoms with Crippen molar-refractivity contribution in [2.75, 3.05) is 18.6 Å². The van der Waals surface area contributed by atoms with Crippen LogP contribution in [0.5, 0.6) is 0 Å². The second kappa shape index (κ2) is 9.18. The molecule has 11 heteroatoms. The highest BCUT2D eigenvalue weighted by molar-refractivity contribution is 7.96. The quantitative estimate of drug-likeness (QED) is 0.411. The number of hydrogen-bond donors (Lipinski definition) is 3. The number of esters is 1. The first-order valence-corrected chi connectivity index (χ1v) is 9.55. The number of nitriles is 1. The average Bonchev–Trinajstić information content (AvgIpc) is 2.92. The standard InChI is InChI=1S/C16H23N5O5S/c1-8(2)12(20-27-3)15(23)25-7-10-13(22)9(6-17)14(26-10)21-5-4-11(18)19-16(21)24/h4-5,8-10,12-14,20,22H,7H2,1-3H3,(H2,18,19,24)/t9-,10+,12-,13-,14-/m0/s1. The Morgan fingerprint density at radius 3 is 2.89 bits per heavy atom. The number of rotatable bonds is 7. The Labute approximate surface area is 160 Å². The summed E-state index contributed by atoms with van der Waals surface area (Å²) in [7, 11) is 0.